The quantitative estimate of drug-likeness (QED) is 0.670. The molecule has 2 aliphatic heterocycles. The number of urea groups is 1. The number of benzene rings is 1. The molecular weight excluding hydrogens is 398 g/mol. The summed E-state index contributed by atoms with van der Waals surface area (Å²) in [6.45, 7) is 5.84. The third kappa shape index (κ3) is 5.25. The van der Waals surface area contributed by atoms with E-state index in [2.05, 4.69) is 10.2 Å². The highest BCUT2D eigenvalue weighted by atomic mass is 16.5. The third-order valence-corrected chi connectivity index (χ3v) is 5.70. The van der Waals surface area contributed by atoms with Crippen molar-refractivity contribution in [2.24, 2.45) is 5.92 Å². The molecule has 1 N–H and O–H groups in total. The van der Waals surface area contributed by atoms with Gasteiger partial charge in [0.25, 0.3) is 0 Å². The van der Waals surface area contributed by atoms with Gasteiger partial charge in [-0.1, -0.05) is 30.3 Å². The van der Waals surface area contributed by atoms with Crippen molar-refractivity contribution in [3.63, 3.8) is 0 Å². The van der Waals surface area contributed by atoms with E-state index in [4.69, 9.17) is 9.47 Å². The maximum Gasteiger partial charge on any atom is 0.338 e. The fourth-order valence-electron chi connectivity index (χ4n) is 4.16. The standard InChI is InChI=1S/C23H31N3O5/c1-4-30-21(27)17-12-9-13-26(14-17)15-18-19(22(28)31-5-2)20(24-23(29)25(18)3)16-10-7-6-8-11-16/h6-8,10-11,17,20H,4-5,9,12-15H2,1-3H3,(H,24,29)/t17-,20-/m0/s1. The minimum absolute atomic E-state index is 0.191. The van der Waals surface area contributed by atoms with Crippen LogP contribution in [0.4, 0.5) is 4.79 Å². The van der Waals surface area contributed by atoms with E-state index in [9.17, 15) is 14.4 Å². The summed E-state index contributed by atoms with van der Waals surface area (Å²) >= 11 is 0. The number of hydrogen-bond acceptors (Lipinski definition) is 6. The molecule has 3 rings (SSSR count). The number of esters is 2. The SMILES string of the molecule is CCOC(=O)C1=C(CN2CCC[C@H](C(=O)OCC)C2)N(C)C(=O)N[C@H]1c1ccccc1. The molecular formula is C23H31N3O5. The normalized spacial score (nSPS) is 22.2. The molecule has 0 saturated carbocycles. The van der Waals surface area contributed by atoms with Crippen molar-refractivity contribution < 1.29 is 23.9 Å². The Hall–Kier alpha value is -2.87. The van der Waals surface area contributed by atoms with E-state index in [0.717, 1.165) is 24.9 Å². The van der Waals surface area contributed by atoms with E-state index >= 15 is 0 Å². The molecule has 8 nitrogen and oxygen atoms in total. The fourth-order valence-corrected chi connectivity index (χ4v) is 4.16. The zero-order valence-electron chi connectivity index (χ0n) is 18.4. The summed E-state index contributed by atoms with van der Waals surface area (Å²) in [4.78, 5) is 41.6. The summed E-state index contributed by atoms with van der Waals surface area (Å²) in [5.74, 6) is -0.839. The van der Waals surface area contributed by atoms with Crippen LogP contribution in [0.2, 0.25) is 0 Å². The summed E-state index contributed by atoms with van der Waals surface area (Å²) in [6.07, 6.45) is 1.63. The number of ether oxygens (including phenoxy) is 2. The Bertz CT molecular complexity index is 839. The predicted molar refractivity (Wildman–Crippen MR) is 115 cm³/mol. The van der Waals surface area contributed by atoms with Crippen molar-refractivity contribution in [3.8, 4) is 0 Å². The van der Waals surface area contributed by atoms with Gasteiger partial charge in [-0.2, -0.15) is 0 Å². The van der Waals surface area contributed by atoms with Crippen LogP contribution < -0.4 is 5.32 Å². The van der Waals surface area contributed by atoms with Gasteiger partial charge in [-0.25, -0.2) is 9.59 Å². The molecule has 1 fully saturated rings. The highest BCUT2D eigenvalue weighted by Crippen LogP contribution is 2.32. The van der Waals surface area contributed by atoms with Gasteiger partial charge in [-0.3, -0.25) is 14.6 Å². The number of likely N-dealkylation sites (tertiary alicyclic amines) is 1. The Morgan fingerprint density at radius 2 is 1.84 bits per heavy atom. The fraction of sp³-hybridized carbons (Fsp3) is 0.522. The van der Waals surface area contributed by atoms with Gasteiger partial charge in [0.05, 0.1) is 30.7 Å². The van der Waals surface area contributed by atoms with Crippen LogP contribution in [0.3, 0.4) is 0 Å². The van der Waals surface area contributed by atoms with Gasteiger partial charge in [0.1, 0.15) is 0 Å². The summed E-state index contributed by atoms with van der Waals surface area (Å²) < 4.78 is 10.6. The first kappa shape index (κ1) is 22.8. The molecule has 1 aromatic carbocycles. The molecule has 2 atom stereocenters. The van der Waals surface area contributed by atoms with Crippen molar-refractivity contribution in [3.05, 3.63) is 47.2 Å². The molecule has 31 heavy (non-hydrogen) atoms. The molecule has 8 heteroatoms. The van der Waals surface area contributed by atoms with E-state index in [0.29, 0.717) is 31.0 Å². The second kappa shape index (κ2) is 10.4. The predicted octanol–water partition coefficient (Wildman–Crippen LogP) is 2.48. The van der Waals surface area contributed by atoms with Gasteiger partial charge in [-0.15, -0.1) is 0 Å². The van der Waals surface area contributed by atoms with Crippen LogP contribution in [0.15, 0.2) is 41.6 Å². The number of nitrogens with zero attached hydrogens (tertiary/aromatic N) is 2. The number of hydrogen-bond donors (Lipinski definition) is 1. The monoisotopic (exact) mass is 429 g/mol. The lowest BCUT2D eigenvalue weighted by atomic mass is 9.93. The molecule has 2 aliphatic rings. The van der Waals surface area contributed by atoms with Crippen molar-refractivity contribution in [1.29, 1.82) is 0 Å². The molecule has 0 radical (unpaired) electrons. The Labute approximate surface area is 183 Å². The first-order valence-corrected chi connectivity index (χ1v) is 10.8. The second-order valence-electron chi connectivity index (χ2n) is 7.76. The van der Waals surface area contributed by atoms with Crippen molar-refractivity contribution in [2.75, 3.05) is 39.9 Å². The minimum Gasteiger partial charge on any atom is -0.466 e. The molecule has 2 heterocycles. The van der Waals surface area contributed by atoms with Crippen LogP contribution in [0, 0.1) is 5.92 Å². The summed E-state index contributed by atoms with van der Waals surface area (Å²) in [7, 11) is 1.65. The van der Waals surface area contributed by atoms with Crippen LogP contribution in [0.1, 0.15) is 38.3 Å². The Balaban J connectivity index is 1.94. The molecule has 168 valence electrons. The van der Waals surface area contributed by atoms with E-state index in [1.54, 1.807) is 20.9 Å². The Morgan fingerprint density at radius 3 is 2.52 bits per heavy atom. The number of nitrogens with one attached hydrogen (secondary N) is 1. The van der Waals surface area contributed by atoms with Crippen LogP contribution in [-0.4, -0.2) is 67.7 Å². The molecule has 1 saturated heterocycles. The number of carbonyl (C=O) groups excluding carboxylic acids is 3. The van der Waals surface area contributed by atoms with Crippen molar-refractivity contribution in [2.45, 2.75) is 32.7 Å². The summed E-state index contributed by atoms with van der Waals surface area (Å²) in [5, 5.41) is 2.92. The maximum absolute atomic E-state index is 13.0. The number of amides is 2. The Morgan fingerprint density at radius 1 is 1.13 bits per heavy atom. The number of piperidine rings is 1. The first-order chi connectivity index (χ1) is 15.0. The third-order valence-electron chi connectivity index (χ3n) is 5.70. The molecule has 1 aromatic rings. The average molecular weight is 430 g/mol. The number of carbonyl (C=O) groups is 3. The topological polar surface area (TPSA) is 88.2 Å². The van der Waals surface area contributed by atoms with Crippen LogP contribution in [-0.2, 0) is 19.1 Å². The number of rotatable bonds is 7. The zero-order valence-corrected chi connectivity index (χ0v) is 18.4. The molecule has 0 aliphatic carbocycles. The smallest absolute Gasteiger partial charge is 0.338 e. The van der Waals surface area contributed by atoms with Gasteiger partial charge in [-0.05, 0) is 38.8 Å². The van der Waals surface area contributed by atoms with E-state index in [-0.39, 0.29) is 24.5 Å². The molecule has 2 amide bonds. The zero-order chi connectivity index (χ0) is 22.4. The lowest BCUT2D eigenvalue weighted by molar-refractivity contribution is -0.150. The molecule has 0 aromatic heterocycles. The molecule has 0 bridgehead atoms. The highest BCUT2D eigenvalue weighted by molar-refractivity contribution is 5.95. The second-order valence-corrected chi connectivity index (χ2v) is 7.76. The van der Waals surface area contributed by atoms with E-state index < -0.39 is 12.0 Å². The number of likely N-dealkylation sites (N-methyl/N-ethyl adjacent to an activating group) is 1. The van der Waals surface area contributed by atoms with Crippen LogP contribution >= 0.6 is 0 Å². The average Bonchev–Trinajstić information content (AvgIpc) is 2.78. The van der Waals surface area contributed by atoms with Crippen LogP contribution in [0.5, 0.6) is 0 Å². The van der Waals surface area contributed by atoms with Crippen LogP contribution in [0.25, 0.3) is 0 Å². The summed E-state index contributed by atoms with van der Waals surface area (Å²) in [5.41, 5.74) is 1.83. The van der Waals surface area contributed by atoms with Gasteiger partial charge < -0.3 is 14.8 Å². The van der Waals surface area contributed by atoms with Gasteiger partial charge in [0.15, 0.2) is 0 Å². The van der Waals surface area contributed by atoms with E-state index in [1.807, 2.05) is 30.3 Å². The summed E-state index contributed by atoms with van der Waals surface area (Å²) in [6, 6.07) is 8.52. The minimum atomic E-state index is -0.593. The highest BCUT2D eigenvalue weighted by Gasteiger charge is 2.38. The molecule has 0 unspecified atom stereocenters. The van der Waals surface area contributed by atoms with Crippen molar-refractivity contribution in [1.82, 2.24) is 15.1 Å². The lowest BCUT2D eigenvalue weighted by Gasteiger charge is -2.38. The van der Waals surface area contributed by atoms with E-state index in [1.165, 1.54) is 4.90 Å². The molecule has 0 spiro atoms. The van der Waals surface area contributed by atoms with Crippen molar-refractivity contribution >= 4 is 18.0 Å². The Kier molecular flexibility index (Phi) is 7.68. The largest absolute Gasteiger partial charge is 0.466 e. The van der Waals surface area contributed by atoms with Gasteiger partial charge >= 0.3 is 18.0 Å². The lowest BCUT2D eigenvalue weighted by Crippen LogP contribution is -2.50. The van der Waals surface area contributed by atoms with Gasteiger partial charge in [0, 0.05) is 25.8 Å². The van der Waals surface area contributed by atoms with Gasteiger partial charge in [0.2, 0.25) is 0 Å². The first-order valence-electron chi connectivity index (χ1n) is 10.8. The maximum atomic E-state index is 13.0.